The van der Waals surface area contributed by atoms with E-state index < -0.39 is 0 Å². The predicted octanol–water partition coefficient (Wildman–Crippen LogP) is -0.351. The van der Waals surface area contributed by atoms with Crippen molar-refractivity contribution in [1.29, 1.82) is 0 Å². The summed E-state index contributed by atoms with van der Waals surface area (Å²) in [6.45, 7) is 5.46. The lowest BCUT2D eigenvalue weighted by Crippen LogP contribution is -2.36. The molecule has 0 saturated carbocycles. The van der Waals surface area contributed by atoms with Gasteiger partial charge < -0.3 is 15.8 Å². The molecule has 0 saturated heterocycles. The first kappa shape index (κ1) is 12.9. The standard InChI is InChI=1S/C9H18N2O3/c1-6(2)14-9(13)7(3)5-11-8(12)4-10/h6-7H,4-5,10H2,1-3H3,(H,11,12). The molecule has 1 amide bonds. The minimum Gasteiger partial charge on any atom is -0.463 e. The number of nitrogens with two attached hydrogens (primary N) is 1. The average Bonchev–Trinajstić information content (AvgIpc) is 2.12. The maximum atomic E-state index is 11.2. The van der Waals surface area contributed by atoms with Crippen LogP contribution < -0.4 is 11.1 Å². The van der Waals surface area contributed by atoms with E-state index in [0.29, 0.717) is 0 Å². The number of rotatable bonds is 5. The number of amides is 1. The first-order valence-corrected chi connectivity index (χ1v) is 4.64. The SMILES string of the molecule is CC(C)OC(=O)C(C)CNC(=O)CN. The fourth-order valence-electron chi connectivity index (χ4n) is 0.771. The lowest BCUT2D eigenvalue weighted by Gasteiger charge is -2.14. The van der Waals surface area contributed by atoms with Crippen LogP contribution in [0.2, 0.25) is 0 Å². The number of hydrogen-bond donors (Lipinski definition) is 2. The molecular weight excluding hydrogens is 184 g/mol. The van der Waals surface area contributed by atoms with Crippen molar-refractivity contribution in [1.82, 2.24) is 5.32 Å². The molecular formula is C9H18N2O3. The second-order valence-corrected chi connectivity index (χ2v) is 3.39. The Kier molecular flexibility index (Phi) is 5.87. The number of carbonyl (C=O) groups excluding carboxylic acids is 2. The van der Waals surface area contributed by atoms with E-state index >= 15 is 0 Å². The van der Waals surface area contributed by atoms with Crippen LogP contribution in [-0.2, 0) is 14.3 Å². The molecule has 0 heterocycles. The molecule has 0 spiro atoms. The van der Waals surface area contributed by atoms with E-state index in [0.717, 1.165) is 0 Å². The van der Waals surface area contributed by atoms with Gasteiger partial charge in [-0.15, -0.1) is 0 Å². The summed E-state index contributed by atoms with van der Waals surface area (Å²) in [7, 11) is 0. The third-order valence-corrected chi connectivity index (χ3v) is 1.55. The number of carbonyl (C=O) groups is 2. The number of ether oxygens (including phenoxy) is 1. The van der Waals surface area contributed by atoms with Crippen LogP contribution in [0.1, 0.15) is 20.8 Å². The number of esters is 1. The van der Waals surface area contributed by atoms with Gasteiger partial charge in [0.25, 0.3) is 0 Å². The zero-order valence-electron chi connectivity index (χ0n) is 8.87. The van der Waals surface area contributed by atoms with Gasteiger partial charge >= 0.3 is 5.97 Å². The van der Waals surface area contributed by atoms with E-state index in [9.17, 15) is 9.59 Å². The molecule has 0 aromatic carbocycles. The molecule has 0 aromatic rings. The van der Waals surface area contributed by atoms with Crippen molar-refractivity contribution >= 4 is 11.9 Å². The third-order valence-electron chi connectivity index (χ3n) is 1.55. The lowest BCUT2D eigenvalue weighted by atomic mass is 10.2. The van der Waals surface area contributed by atoms with Gasteiger partial charge in [0.1, 0.15) is 0 Å². The fourth-order valence-corrected chi connectivity index (χ4v) is 0.771. The van der Waals surface area contributed by atoms with Gasteiger partial charge in [0.2, 0.25) is 5.91 Å². The Hall–Kier alpha value is -1.10. The summed E-state index contributed by atoms with van der Waals surface area (Å²) >= 11 is 0. The van der Waals surface area contributed by atoms with Crippen LogP contribution in [-0.4, -0.2) is 31.1 Å². The first-order valence-electron chi connectivity index (χ1n) is 4.64. The van der Waals surface area contributed by atoms with E-state index in [4.69, 9.17) is 10.5 Å². The summed E-state index contributed by atoms with van der Waals surface area (Å²) in [5, 5.41) is 2.52. The highest BCUT2D eigenvalue weighted by atomic mass is 16.5. The molecule has 82 valence electrons. The van der Waals surface area contributed by atoms with E-state index in [1.54, 1.807) is 20.8 Å². The normalized spacial score (nSPS) is 12.4. The fraction of sp³-hybridized carbons (Fsp3) is 0.778. The average molecular weight is 202 g/mol. The molecule has 0 rings (SSSR count). The molecule has 0 aliphatic heterocycles. The molecule has 0 fully saturated rings. The monoisotopic (exact) mass is 202 g/mol. The van der Waals surface area contributed by atoms with Crippen molar-refractivity contribution in [2.75, 3.05) is 13.1 Å². The maximum absolute atomic E-state index is 11.2. The molecule has 0 radical (unpaired) electrons. The summed E-state index contributed by atoms with van der Waals surface area (Å²) in [6.07, 6.45) is -0.129. The van der Waals surface area contributed by atoms with Crippen LogP contribution >= 0.6 is 0 Å². The molecule has 1 atom stereocenters. The van der Waals surface area contributed by atoms with Crippen LogP contribution in [0.4, 0.5) is 0 Å². The molecule has 0 aliphatic carbocycles. The minimum atomic E-state index is -0.340. The maximum Gasteiger partial charge on any atom is 0.310 e. The number of hydrogen-bond acceptors (Lipinski definition) is 4. The highest BCUT2D eigenvalue weighted by Gasteiger charge is 2.15. The summed E-state index contributed by atoms with van der Waals surface area (Å²) in [5.74, 6) is -0.917. The largest absolute Gasteiger partial charge is 0.463 e. The van der Waals surface area contributed by atoms with Crippen molar-refractivity contribution < 1.29 is 14.3 Å². The summed E-state index contributed by atoms with van der Waals surface area (Å²) < 4.78 is 4.96. The molecule has 0 aliphatic rings. The van der Waals surface area contributed by atoms with Crippen molar-refractivity contribution in [2.45, 2.75) is 26.9 Å². The highest BCUT2D eigenvalue weighted by molar-refractivity contribution is 5.79. The van der Waals surface area contributed by atoms with Crippen molar-refractivity contribution in [3.63, 3.8) is 0 Å². The zero-order chi connectivity index (χ0) is 11.1. The lowest BCUT2D eigenvalue weighted by molar-refractivity contribution is -0.151. The van der Waals surface area contributed by atoms with Crippen molar-refractivity contribution in [3.05, 3.63) is 0 Å². The summed E-state index contributed by atoms with van der Waals surface area (Å²) in [6, 6.07) is 0. The van der Waals surface area contributed by atoms with Gasteiger partial charge in [-0.25, -0.2) is 0 Å². The minimum absolute atomic E-state index is 0.0635. The highest BCUT2D eigenvalue weighted by Crippen LogP contribution is 1.99. The van der Waals surface area contributed by atoms with Crippen LogP contribution in [0, 0.1) is 5.92 Å². The molecule has 1 unspecified atom stereocenters. The third kappa shape index (κ3) is 5.53. The molecule has 0 bridgehead atoms. The Morgan fingerprint density at radius 2 is 1.93 bits per heavy atom. The first-order chi connectivity index (χ1) is 6.47. The van der Waals surface area contributed by atoms with Gasteiger partial charge in [0, 0.05) is 6.54 Å². The van der Waals surface area contributed by atoms with E-state index in [1.165, 1.54) is 0 Å². The van der Waals surface area contributed by atoms with E-state index in [-0.39, 0.29) is 37.0 Å². The molecule has 3 N–H and O–H groups in total. The van der Waals surface area contributed by atoms with Crippen molar-refractivity contribution in [2.24, 2.45) is 11.7 Å². The second kappa shape index (κ2) is 6.37. The Morgan fingerprint density at radius 1 is 1.36 bits per heavy atom. The topological polar surface area (TPSA) is 81.4 Å². The molecule has 5 heteroatoms. The van der Waals surface area contributed by atoms with Gasteiger partial charge in [-0.1, -0.05) is 6.92 Å². The van der Waals surface area contributed by atoms with Crippen molar-refractivity contribution in [3.8, 4) is 0 Å². The van der Waals surface area contributed by atoms with Gasteiger partial charge in [-0.3, -0.25) is 9.59 Å². The molecule has 0 aromatic heterocycles. The Labute approximate surface area is 84.0 Å². The molecule has 5 nitrogen and oxygen atoms in total. The predicted molar refractivity (Wildman–Crippen MR) is 52.5 cm³/mol. The quantitative estimate of drug-likeness (QED) is 0.597. The number of nitrogens with one attached hydrogen (secondary N) is 1. The van der Waals surface area contributed by atoms with Crippen LogP contribution in [0.3, 0.4) is 0 Å². The van der Waals surface area contributed by atoms with Gasteiger partial charge in [-0.2, -0.15) is 0 Å². The zero-order valence-corrected chi connectivity index (χ0v) is 8.87. The van der Waals surface area contributed by atoms with E-state index in [2.05, 4.69) is 5.32 Å². The van der Waals surface area contributed by atoms with E-state index in [1.807, 2.05) is 0 Å². The van der Waals surface area contributed by atoms with Crippen LogP contribution in [0.25, 0.3) is 0 Å². The Balaban J connectivity index is 3.78. The van der Waals surface area contributed by atoms with Crippen LogP contribution in [0.15, 0.2) is 0 Å². The summed E-state index contributed by atoms with van der Waals surface area (Å²) in [4.78, 5) is 22.0. The Bertz CT molecular complexity index is 204. The second-order valence-electron chi connectivity index (χ2n) is 3.39. The van der Waals surface area contributed by atoms with Gasteiger partial charge in [0.15, 0.2) is 0 Å². The van der Waals surface area contributed by atoms with Gasteiger partial charge in [-0.05, 0) is 13.8 Å². The Morgan fingerprint density at radius 3 is 2.36 bits per heavy atom. The van der Waals surface area contributed by atoms with Gasteiger partial charge in [0.05, 0.1) is 18.6 Å². The molecule has 14 heavy (non-hydrogen) atoms. The smallest absolute Gasteiger partial charge is 0.310 e. The van der Waals surface area contributed by atoms with Crippen LogP contribution in [0.5, 0.6) is 0 Å². The summed E-state index contributed by atoms with van der Waals surface area (Å²) in [5.41, 5.74) is 5.09.